The number of esters is 1. The van der Waals surface area contributed by atoms with E-state index in [-0.39, 0.29) is 30.9 Å². The first-order valence-corrected chi connectivity index (χ1v) is 13.1. The standard InChI is InChI=1S/C30H39F3N2O3/c1-35(2)22-27(21-29(37)38-23-25-14-10-8-11-15-25)34-28(36)16-12-7-5-3-4-6-9-13-24-17-19-26(20-18-24)30(31,32)33/h8-11,13-15,17-20,27H,3-7,12,16,21-23H2,1-2H3,(H,34,36)/t27-/m1/s1. The highest BCUT2D eigenvalue weighted by atomic mass is 19.4. The average Bonchev–Trinajstić information content (AvgIpc) is 2.86. The SMILES string of the molecule is CN(C)C[C@@H](CC(=O)OCc1ccccc1)NC(=O)CCCCCCCC=Cc1ccc(C(F)(F)F)cc1. The lowest BCUT2D eigenvalue weighted by Crippen LogP contribution is -2.43. The summed E-state index contributed by atoms with van der Waals surface area (Å²) in [5.74, 6) is -0.402. The zero-order valence-electron chi connectivity index (χ0n) is 22.3. The number of nitrogens with zero attached hydrogens (tertiary/aromatic N) is 1. The number of hydrogen-bond acceptors (Lipinski definition) is 4. The van der Waals surface area contributed by atoms with E-state index in [9.17, 15) is 22.8 Å². The molecule has 2 aromatic carbocycles. The Hall–Kier alpha value is -3.13. The molecule has 0 bridgehead atoms. The number of rotatable bonds is 16. The molecule has 0 unspecified atom stereocenters. The molecule has 0 spiro atoms. The van der Waals surface area contributed by atoms with Gasteiger partial charge in [0.1, 0.15) is 6.61 Å². The van der Waals surface area contributed by atoms with Crippen molar-refractivity contribution in [3.05, 3.63) is 77.4 Å². The number of amides is 1. The first kappa shape index (κ1) is 31.1. The summed E-state index contributed by atoms with van der Waals surface area (Å²) < 4.78 is 43.2. The maximum Gasteiger partial charge on any atom is 0.416 e. The minimum Gasteiger partial charge on any atom is -0.461 e. The predicted octanol–water partition coefficient (Wildman–Crippen LogP) is 6.63. The molecule has 2 aromatic rings. The van der Waals surface area contributed by atoms with Crippen molar-refractivity contribution >= 4 is 18.0 Å². The number of hydrogen-bond donors (Lipinski definition) is 1. The van der Waals surface area contributed by atoms with Crippen LogP contribution < -0.4 is 5.32 Å². The zero-order chi connectivity index (χ0) is 27.8. The Balaban J connectivity index is 1.58. The molecule has 8 heteroatoms. The summed E-state index contributed by atoms with van der Waals surface area (Å²) in [5, 5.41) is 2.97. The lowest BCUT2D eigenvalue weighted by molar-refractivity contribution is -0.145. The van der Waals surface area contributed by atoms with Crippen LogP contribution in [0.4, 0.5) is 13.2 Å². The van der Waals surface area contributed by atoms with E-state index in [4.69, 9.17) is 4.74 Å². The summed E-state index contributed by atoms with van der Waals surface area (Å²) in [7, 11) is 3.79. The molecule has 208 valence electrons. The molecule has 0 aliphatic rings. The Morgan fingerprint density at radius 2 is 1.61 bits per heavy atom. The Kier molecular flexibility index (Phi) is 13.6. The molecule has 0 saturated carbocycles. The van der Waals surface area contributed by atoms with Crippen LogP contribution in [0.1, 0.15) is 68.1 Å². The van der Waals surface area contributed by atoms with Crippen molar-refractivity contribution in [2.24, 2.45) is 0 Å². The summed E-state index contributed by atoms with van der Waals surface area (Å²) in [6, 6.07) is 14.3. The van der Waals surface area contributed by atoms with E-state index in [1.54, 1.807) is 0 Å². The summed E-state index contributed by atoms with van der Waals surface area (Å²) in [6.45, 7) is 0.763. The molecule has 0 aromatic heterocycles. The van der Waals surface area contributed by atoms with Crippen LogP contribution in [0.2, 0.25) is 0 Å². The second-order valence-electron chi connectivity index (χ2n) is 9.71. The van der Waals surface area contributed by atoms with Crippen LogP contribution in [0, 0.1) is 0 Å². The fourth-order valence-corrected chi connectivity index (χ4v) is 3.98. The fraction of sp³-hybridized carbons (Fsp3) is 0.467. The van der Waals surface area contributed by atoms with Crippen LogP contribution in [0.3, 0.4) is 0 Å². The van der Waals surface area contributed by atoms with Gasteiger partial charge in [0, 0.05) is 13.0 Å². The van der Waals surface area contributed by atoms with Crippen molar-refractivity contribution < 1.29 is 27.5 Å². The van der Waals surface area contributed by atoms with Gasteiger partial charge in [-0.05, 0) is 56.6 Å². The quantitative estimate of drug-likeness (QED) is 0.195. The van der Waals surface area contributed by atoms with Crippen molar-refractivity contribution in [1.82, 2.24) is 10.2 Å². The van der Waals surface area contributed by atoms with Crippen LogP contribution in [0.25, 0.3) is 6.08 Å². The Bertz CT molecular complexity index is 990. The Morgan fingerprint density at radius 3 is 2.26 bits per heavy atom. The van der Waals surface area contributed by atoms with E-state index in [2.05, 4.69) is 5.32 Å². The first-order chi connectivity index (χ1) is 18.1. The van der Waals surface area contributed by atoms with Crippen LogP contribution in [0.5, 0.6) is 0 Å². The zero-order valence-corrected chi connectivity index (χ0v) is 22.3. The third-order valence-electron chi connectivity index (χ3n) is 5.93. The number of carbonyl (C=O) groups is 2. The highest BCUT2D eigenvalue weighted by Crippen LogP contribution is 2.29. The van der Waals surface area contributed by atoms with E-state index in [0.717, 1.165) is 61.8 Å². The number of allylic oxidation sites excluding steroid dienone is 1. The van der Waals surface area contributed by atoms with Crippen molar-refractivity contribution in [3.63, 3.8) is 0 Å². The molecule has 1 N–H and O–H groups in total. The van der Waals surface area contributed by atoms with Gasteiger partial charge in [-0.3, -0.25) is 9.59 Å². The van der Waals surface area contributed by atoms with E-state index in [1.165, 1.54) is 12.1 Å². The van der Waals surface area contributed by atoms with Gasteiger partial charge in [0.05, 0.1) is 18.0 Å². The monoisotopic (exact) mass is 532 g/mol. The maximum absolute atomic E-state index is 12.6. The number of halogens is 3. The minimum atomic E-state index is -4.31. The predicted molar refractivity (Wildman–Crippen MR) is 144 cm³/mol. The maximum atomic E-state index is 12.6. The molecule has 2 rings (SSSR count). The van der Waals surface area contributed by atoms with Gasteiger partial charge in [-0.15, -0.1) is 0 Å². The largest absolute Gasteiger partial charge is 0.461 e. The number of nitrogens with one attached hydrogen (secondary N) is 1. The van der Waals surface area contributed by atoms with Gasteiger partial charge in [0.15, 0.2) is 0 Å². The number of benzene rings is 2. The number of alkyl halides is 3. The second kappa shape index (κ2) is 16.7. The van der Waals surface area contributed by atoms with Crippen molar-refractivity contribution in [2.45, 2.75) is 70.2 Å². The molecular weight excluding hydrogens is 493 g/mol. The summed E-state index contributed by atoms with van der Waals surface area (Å²) in [4.78, 5) is 26.6. The third kappa shape index (κ3) is 13.4. The summed E-state index contributed by atoms with van der Waals surface area (Å²) in [5.41, 5.74) is 1.03. The Labute approximate surface area is 224 Å². The van der Waals surface area contributed by atoms with E-state index >= 15 is 0 Å². The van der Waals surface area contributed by atoms with E-state index in [1.807, 2.05) is 61.5 Å². The van der Waals surface area contributed by atoms with Crippen molar-refractivity contribution in [3.8, 4) is 0 Å². The number of carbonyl (C=O) groups excluding carboxylic acids is 2. The van der Waals surface area contributed by atoms with Crippen LogP contribution >= 0.6 is 0 Å². The minimum absolute atomic E-state index is 0.0628. The summed E-state index contributed by atoms with van der Waals surface area (Å²) >= 11 is 0. The molecular formula is C30H39F3N2O3. The van der Waals surface area contributed by atoms with Gasteiger partial charge in [0.25, 0.3) is 0 Å². The van der Waals surface area contributed by atoms with Gasteiger partial charge in [-0.2, -0.15) is 13.2 Å². The molecule has 5 nitrogen and oxygen atoms in total. The summed E-state index contributed by atoms with van der Waals surface area (Å²) in [6.07, 6.45) is 5.63. The molecule has 0 aliphatic carbocycles. The lowest BCUT2D eigenvalue weighted by Gasteiger charge is -2.22. The Morgan fingerprint density at radius 1 is 0.947 bits per heavy atom. The van der Waals surface area contributed by atoms with Crippen LogP contribution in [-0.4, -0.2) is 43.5 Å². The second-order valence-corrected chi connectivity index (χ2v) is 9.71. The molecule has 0 fully saturated rings. The molecule has 0 radical (unpaired) electrons. The van der Waals surface area contributed by atoms with Gasteiger partial charge in [-0.1, -0.05) is 73.9 Å². The van der Waals surface area contributed by atoms with Gasteiger partial charge < -0.3 is 15.0 Å². The molecule has 1 atom stereocenters. The van der Waals surface area contributed by atoms with E-state index in [0.29, 0.717) is 13.0 Å². The molecule has 1 amide bonds. The molecule has 38 heavy (non-hydrogen) atoms. The third-order valence-corrected chi connectivity index (χ3v) is 5.93. The smallest absolute Gasteiger partial charge is 0.416 e. The highest BCUT2D eigenvalue weighted by Gasteiger charge is 2.29. The molecule has 0 saturated heterocycles. The van der Waals surface area contributed by atoms with Crippen LogP contribution in [-0.2, 0) is 27.1 Å². The van der Waals surface area contributed by atoms with Crippen molar-refractivity contribution in [1.29, 1.82) is 0 Å². The number of likely N-dealkylation sites (N-methyl/N-ethyl adjacent to an activating group) is 1. The van der Waals surface area contributed by atoms with E-state index < -0.39 is 11.7 Å². The highest BCUT2D eigenvalue weighted by molar-refractivity contribution is 5.77. The van der Waals surface area contributed by atoms with Gasteiger partial charge in [-0.25, -0.2) is 0 Å². The van der Waals surface area contributed by atoms with Crippen LogP contribution in [0.15, 0.2) is 60.7 Å². The number of ether oxygens (including phenoxy) is 1. The van der Waals surface area contributed by atoms with Crippen molar-refractivity contribution in [2.75, 3.05) is 20.6 Å². The average molecular weight is 533 g/mol. The fourth-order valence-electron chi connectivity index (χ4n) is 3.98. The first-order valence-electron chi connectivity index (χ1n) is 13.1. The number of unbranched alkanes of at least 4 members (excludes halogenated alkanes) is 5. The molecule has 0 heterocycles. The normalized spacial score (nSPS) is 12.6. The topological polar surface area (TPSA) is 58.6 Å². The lowest BCUT2D eigenvalue weighted by atomic mass is 10.1. The molecule has 0 aliphatic heterocycles. The van der Waals surface area contributed by atoms with Gasteiger partial charge in [0.2, 0.25) is 5.91 Å². The van der Waals surface area contributed by atoms with Gasteiger partial charge >= 0.3 is 12.1 Å².